The maximum Gasteiger partial charge on any atom is 0.0713 e. The lowest BCUT2D eigenvalue weighted by molar-refractivity contribution is 0.768. The van der Waals surface area contributed by atoms with Crippen LogP contribution >= 0.6 is 0 Å². The highest BCUT2D eigenvalue weighted by Gasteiger charge is 2.45. The second kappa shape index (κ2) is 16.8. The largest absolute Gasteiger partial charge is 0.0713 e. The molecule has 0 fully saturated rings. The lowest BCUT2D eigenvalue weighted by Gasteiger charge is -2.34. The molecule has 0 aliphatic heterocycles. The number of hydrogen-bond donors (Lipinski definition) is 0. The summed E-state index contributed by atoms with van der Waals surface area (Å²) in [6.45, 7) is 0. The molecule has 322 valence electrons. The van der Waals surface area contributed by atoms with Gasteiger partial charge in [0.1, 0.15) is 0 Å². The van der Waals surface area contributed by atoms with Crippen molar-refractivity contribution >= 4 is 44.5 Å². The van der Waals surface area contributed by atoms with Gasteiger partial charge in [-0.1, -0.05) is 273 Å². The molecule has 12 aromatic carbocycles. The Hall–Kier alpha value is -8.84. The van der Waals surface area contributed by atoms with Crippen LogP contribution < -0.4 is 0 Å². The van der Waals surface area contributed by atoms with E-state index in [0.717, 1.165) is 0 Å². The summed E-state index contributed by atoms with van der Waals surface area (Å²) in [7, 11) is 0. The van der Waals surface area contributed by atoms with E-state index < -0.39 is 5.41 Å². The van der Waals surface area contributed by atoms with Gasteiger partial charge in [0.15, 0.2) is 0 Å². The van der Waals surface area contributed by atoms with E-state index in [1.54, 1.807) is 0 Å². The fourth-order valence-electron chi connectivity index (χ4n) is 11.3. The average Bonchev–Trinajstić information content (AvgIpc) is 3.73. The van der Waals surface area contributed by atoms with Gasteiger partial charge in [0, 0.05) is 0 Å². The van der Waals surface area contributed by atoms with Crippen molar-refractivity contribution in [3.63, 3.8) is 0 Å². The van der Waals surface area contributed by atoms with E-state index in [-0.39, 0.29) is 0 Å². The number of rotatable bonds is 8. The van der Waals surface area contributed by atoms with Crippen LogP contribution in [0, 0.1) is 0 Å². The first kappa shape index (κ1) is 40.4. The SMILES string of the molecule is C(=C\c1ccc(-c2c3ccccc3c(-c3ccc(-c4ccc(C5(c6ccccc6)c6ccccc6-c6ccccc65)cc4)cc3)c3ccccc23)cc1)/c1ccc(-c2ccc3ccccc3c2)cc1. The zero-order valence-electron chi connectivity index (χ0n) is 38.1. The van der Waals surface area contributed by atoms with Crippen molar-refractivity contribution in [2.45, 2.75) is 5.41 Å². The highest BCUT2D eigenvalue weighted by atomic mass is 14.5. The van der Waals surface area contributed by atoms with Gasteiger partial charge in [0.25, 0.3) is 0 Å². The molecule has 13 rings (SSSR count). The molecule has 0 bridgehead atoms. The van der Waals surface area contributed by atoms with E-state index in [1.807, 2.05) is 0 Å². The summed E-state index contributed by atoms with van der Waals surface area (Å²) >= 11 is 0. The summed E-state index contributed by atoms with van der Waals surface area (Å²) in [5.74, 6) is 0. The van der Waals surface area contributed by atoms with Gasteiger partial charge in [-0.3, -0.25) is 0 Å². The third-order valence-corrected chi connectivity index (χ3v) is 14.6. The molecule has 12 aromatic rings. The third kappa shape index (κ3) is 6.84. The first-order chi connectivity index (χ1) is 34.2. The van der Waals surface area contributed by atoms with Crippen LogP contribution in [0.2, 0.25) is 0 Å². The fourth-order valence-corrected chi connectivity index (χ4v) is 11.3. The molecule has 0 N–H and O–H groups in total. The normalized spacial score (nSPS) is 12.7. The molecule has 0 spiro atoms. The molecular weight excluding hydrogens is 829 g/mol. The lowest BCUT2D eigenvalue weighted by atomic mass is 9.67. The molecule has 69 heavy (non-hydrogen) atoms. The Labute approximate surface area is 403 Å². The molecule has 0 aromatic heterocycles. The standard InChI is InChI=1S/C69H46/c1-2-16-57(17-3-1)69(65-24-12-10-18-59(65)60-19-11-13-25-66(60)69)58-44-42-51(43-45-58)50-36-39-54(40-37-50)68-63-22-8-6-20-61(63)67(62-21-7-9-23-64(62)68)53-34-30-48(31-35-53)27-26-47-28-32-52(33-29-47)56-41-38-49-14-4-5-15-55(49)46-56/h1-46H/b27-26+. The van der Waals surface area contributed by atoms with Crippen LogP contribution in [0.3, 0.4) is 0 Å². The monoisotopic (exact) mass is 874 g/mol. The third-order valence-electron chi connectivity index (χ3n) is 14.6. The summed E-state index contributed by atoms with van der Waals surface area (Å²) in [5.41, 5.74) is 19.6. The van der Waals surface area contributed by atoms with Crippen LogP contribution in [0.4, 0.5) is 0 Å². The molecule has 0 radical (unpaired) electrons. The Bertz CT molecular complexity index is 3790. The molecule has 0 saturated heterocycles. The van der Waals surface area contributed by atoms with Crippen LogP contribution in [0.15, 0.2) is 267 Å². The minimum atomic E-state index is -0.405. The Balaban J connectivity index is 0.807. The molecule has 0 nitrogen and oxygen atoms in total. The van der Waals surface area contributed by atoms with Gasteiger partial charge in [-0.2, -0.15) is 0 Å². The smallest absolute Gasteiger partial charge is 0.0622 e. The van der Waals surface area contributed by atoms with Crippen molar-refractivity contribution in [2.75, 3.05) is 0 Å². The molecule has 1 aliphatic carbocycles. The van der Waals surface area contributed by atoms with E-state index in [9.17, 15) is 0 Å². The highest BCUT2D eigenvalue weighted by Crippen LogP contribution is 2.56. The van der Waals surface area contributed by atoms with Gasteiger partial charge >= 0.3 is 0 Å². The second-order valence-electron chi connectivity index (χ2n) is 18.3. The minimum Gasteiger partial charge on any atom is -0.0622 e. The topological polar surface area (TPSA) is 0 Å². The molecular formula is C69H46. The molecule has 0 atom stereocenters. The quantitative estimate of drug-likeness (QED) is 0.105. The number of fused-ring (bicyclic) bond motifs is 6. The maximum absolute atomic E-state index is 2.35. The Kier molecular flexibility index (Phi) is 9.84. The van der Waals surface area contributed by atoms with Crippen LogP contribution in [0.5, 0.6) is 0 Å². The van der Waals surface area contributed by atoms with Crippen LogP contribution in [-0.2, 0) is 5.41 Å². The molecule has 0 saturated carbocycles. The summed E-state index contributed by atoms with van der Waals surface area (Å²) in [4.78, 5) is 0. The zero-order valence-corrected chi connectivity index (χ0v) is 38.1. The summed E-state index contributed by atoms with van der Waals surface area (Å²) in [6, 6.07) is 98.4. The predicted molar refractivity (Wildman–Crippen MR) is 293 cm³/mol. The summed E-state index contributed by atoms with van der Waals surface area (Å²) in [6.07, 6.45) is 4.41. The molecule has 0 unspecified atom stereocenters. The van der Waals surface area contributed by atoms with Gasteiger partial charge in [0.2, 0.25) is 0 Å². The fraction of sp³-hybridized carbons (Fsp3) is 0.0145. The van der Waals surface area contributed by atoms with Crippen molar-refractivity contribution in [3.05, 3.63) is 300 Å². The van der Waals surface area contributed by atoms with Crippen molar-refractivity contribution in [2.24, 2.45) is 0 Å². The van der Waals surface area contributed by atoms with E-state index in [2.05, 4.69) is 279 Å². The van der Waals surface area contributed by atoms with Gasteiger partial charge in [0.05, 0.1) is 5.41 Å². The highest BCUT2D eigenvalue weighted by molar-refractivity contribution is 6.21. The maximum atomic E-state index is 2.35. The first-order valence-electron chi connectivity index (χ1n) is 24.0. The molecule has 1 aliphatic rings. The zero-order chi connectivity index (χ0) is 45.7. The Morgan fingerprint density at radius 1 is 0.246 bits per heavy atom. The lowest BCUT2D eigenvalue weighted by Crippen LogP contribution is -2.28. The van der Waals surface area contributed by atoms with Crippen LogP contribution in [0.25, 0.3) is 100 Å². The van der Waals surface area contributed by atoms with E-state index >= 15 is 0 Å². The van der Waals surface area contributed by atoms with Gasteiger partial charge in [-0.15, -0.1) is 0 Å². The van der Waals surface area contributed by atoms with E-state index in [0.29, 0.717) is 0 Å². The summed E-state index contributed by atoms with van der Waals surface area (Å²) < 4.78 is 0. The van der Waals surface area contributed by atoms with Crippen LogP contribution in [-0.4, -0.2) is 0 Å². The predicted octanol–water partition coefficient (Wildman–Crippen LogP) is 18.3. The number of hydrogen-bond acceptors (Lipinski definition) is 0. The molecule has 0 amide bonds. The average molecular weight is 875 g/mol. The molecule has 0 heterocycles. The van der Waals surface area contributed by atoms with Crippen molar-refractivity contribution in [1.82, 2.24) is 0 Å². The summed E-state index contributed by atoms with van der Waals surface area (Å²) in [5, 5.41) is 7.54. The minimum absolute atomic E-state index is 0.405. The van der Waals surface area contributed by atoms with Crippen molar-refractivity contribution in [3.8, 4) is 55.6 Å². The van der Waals surface area contributed by atoms with Gasteiger partial charge in [-0.25, -0.2) is 0 Å². The Morgan fingerprint density at radius 3 is 1.14 bits per heavy atom. The van der Waals surface area contributed by atoms with Crippen molar-refractivity contribution in [1.29, 1.82) is 0 Å². The van der Waals surface area contributed by atoms with E-state index in [4.69, 9.17) is 0 Å². The van der Waals surface area contributed by atoms with Gasteiger partial charge in [-0.05, 0) is 127 Å². The number of benzene rings is 12. The van der Waals surface area contributed by atoms with Crippen LogP contribution in [0.1, 0.15) is 33.4 Å². The first-order valence-corrected chi connectivity index (χ1v) is 24.0. The van der Waals surface area contributed by atoms with E-state index in [1.165, 1.54) is 121 Å². The van der Waals surface area contributed by atoms with Gasteiger partial charge < -0.3 is 0 Å². The van der Waals surface area contributed by atoms with Crippen molar-refractivity contribution < 1.29 is 0 Å². The molecule has 0 heteroatoms. The second-order valence-corrected chi connectivity index (χ2v) is 18.3. The Morgan fingerprint density at radius 2 is 0.609 bits per heavy atom.